The molecular formula is C12H26O2. The third-order valence-electron chi connectivity index (χ3n) is 3.07. The van der Waals surface area contributed by atoms with Crippen molar-refractivity contribution in [2.45, 2.75) is 71.0 Å². The van der Waals surface area contributed by atoms with Crippen molar-refractivity contribution in [2.24, 2.45) is 0 Å². The Morgan fingerprint density at radius 1 is 1.14 bits per heavy atom. The van der Waals surface area contributed by atoms with Crippen LogP contribution in [0.2, 0.25) is 0 Å². The molecule has 0 heterocycles. The lowest BCUT2D eigenvalue weighted by atomic mass is 9.86. The Balaban J connectivity index is 4.27. The maximum atomic E-state index is 9.79. The molecule has 0 aliphatic rings. The molecule has 0 aromatic carbocycles. The highest BCUT2D eigenvalue weighted by molar-refractivity contribution is 4.85. The van der Waals surface area contributed by atoms with Crippen LogP contribution in [0.3, 0.4) is 0 Å². The zero-order valence-electron chi connectivity index (χ0n) is 10.2. The molecule has 1 N–H and O–H groups in total. The van der Waals surface area contributed by atoms with Crippen LogP contribution in [0.15, 0.2) is 0 Å². The number of aliphatic hydroxyl groups is 1. The van der Waals surface area contributed by atoms with Crippen LogP contribution in [0, 0.1) is 0 Å². The molecule has 0 aromatic rings. The van der Waals surface area contributed by atoms with Crippen molar-refractivity contribution in [1.29, 1.82) is 0 Å². The summed E-state index contributed by atoms with van der Waals surface area (Å²) < 4.78 is 5.55. The number of hydrogen-bond donors (Lipinski definition) is 1. The standard InChI is InChI=1S/C12H26O2/c1-5-7-9-12(14-4,11(3)13)10-8-6-2/h11,13H,5-10H2,1-4H3. The van der Waals surface area contributed by atoms with Crippen LogP contribution in [0.25, 0.3) is 0 Å². The van der Waals surface area contributed by atoms with E-state index in [1.54, 1.807) is 7.11 Å². The minimum Gasteiger partial charge on any atom is -0.390 e. The summed E-state index contributed by atoms with van der Waals surface area (Å²) in [6, 6.07) is 0. The Bertz CT molecular complexity index is 124. The Morgan fingerprint density at radius 3 is 1.79 bits per heavy atom. The molecule has 0 aliphatic heterocycles. The van der Waals surface area contributed by atoms with E-state index < -0.39 is 0 Å². The average Bonchev–Trinajstić information content (AvgIpc) is 2.18. The molecule has 0 saturated heterocycles. The molecular weight excluding hydrogens is 176 g/mol. The van der Waals surface area contributed by atoms with Crippen molar-refractivity contribution in [3.8, 4) is 0 Å². The Morgan fingerprint density at radius 2 is 1.57 bits per heavy atom. The van der Waals surface area contributed by atoms with Crippen molar-refractivity contribution >= 4 is 0 Å². The molecule has 0 fully saturated rings. The Hall–Kier alpha value is -0.0800. The third kappa shape index (κ3) is 3.97. The van der Waals surface area contributed by atoms with Gasteiger partial charge in [0.15, 0.2) is 0 Å². The summed E-state index contributed by atoms with van der Waals surface area (Å²) in [6.07, 6.45) is 6.14. The first-order valence-corrected chi connectivity index (χ1v) is 5.86. The van der Waals surface area contributed by atoms with E-state index in [1.807, 2.05) is 6.92 Å². The second-order valence-electron chi connectivity index (χ2n) is 4.15. The first kappa shape index (κ1) is 13.9. The summed E-state index contributed by atoms with van der Waals surface area (Å²) in [4.78, 5) is 0. The maximum absolute atomic E-state index is 9.79. The molecule has 0 saturated carbocycles. The summed E-state index contributed by atoms with van der Waals surface area (Å²) in [5.74, 6) is 0. The van der Waals surface area contributed by atoms with Gasteiger partial charge in [-0.05, 0) is 19.8 Å². The van der Waals surface area contributed by atoms with Gasteiger partial charge in [0.1, 0.15) is 0 Å². The smallest absolute Gasteiger partial charge is 0.0933 e. The summed E-state index contributed by atoms with van der Waals surface area (Å²) in [7, 11) is 1.72. The first-order valence-electron chi connectivity index (χ1n) is 5.86. The van der Waals surface area contributed by atoms with E-state index in [0.29, 0.717) is 0 Å². The molecule has 0 amide bonds. The average molecular weight is 202 g/mol. The van der Waals surface area contributed by atoms with Crippen LogP contribution in [-0.2, 0) is 4.74 Å². The first-order chi connectivity index (χ1) is 6.63. The summed E-state index contributed by atoms with van der Waals surface area (Å²) >= 11 is 0. The molecule has 86 valence electrons. The third-order valence-corrected chi connectivity index (χ3v) is 3.07. The SMILES string of the molecule is CCCCC(CCCC)(OC)C(C)O. The quantitative estimate of drug-likeness (QED) is 0.655. The second-order valence-corrected chi connectivity index (χ2v) is 4.15. The van der Waals surface area contributed by atoms with Gasteiger partial charge < -0.3 is 9.84 Å². The molecule has 14 heavy (non-hydrogen) atoms. The molecule has 0 aliphatic carbocycles. The minimum atomic E-state index is -0.370. The van der Waals surface area contributed by atoms with E-state index in [0.717, 1.165) is 38.5 Å². The number of rotatable bonds is 8. The minimum absolute atomic E-state index is 0.300. The van der Waals surface area contributed by atoms with Gasteiger partial charge in [0, 0.05) is 7.11 Å². The predicted molar refractivity (Wildman–Crippen MR) is 60.5 cm³/mol. The lowest BCUT2D eigenvalue weighted by Gasteiger charge is -2.35. The molecule has 0 spiro atoms. The van der Waals surface area contributed by atoms with Crippen LogP contribution in [0.5, 0.6) is 0 Å². The Kier molecular flexibility index (Phi) is 7.20. The van der Waals surface area contributed by atoms with Gasteiger partial charge in [0.2, 0.25) is 0 Å². The highest BCUT2D eigenvalue weighted by Gasteiger charge is 2.33. The van der Waals surface area contributed by atoms with Crippen molar-refractivity contribution in [3.05, 3.63) is 0 Å². The zero-order chi connectivity index (χ0) is 11.0. The van der Waals surface area contributed by atoms with Crippen molar-refractivity contribution in [2.75, 3.05) is 7.11 Å². The maximum Gasteiger partial charge on any atom is 0.0933 e. The van der Waals surface area contributed by atoms with E-state index >= 15 is 0 Å². The molecule has 0 aromatic heterocycles. The lowest BCUT2D eigenvalue weighted by molar-refractivity contribution is -0.107. The Labute approximate surface area is 88.7 Å². The van der Waals surface area contributed by atoms with E-state index in [1.165, 1.54) is 0 Å². The van der Waals surface area contributed by atoms with Gasteiger partial charge in [-0.25, -0.2) is 0 Å². The number of methoxy groups -OCH3 is 1. The molecule has 2 nitrogen and oxygen atoms in total. The van der Waals surface area contributed by atoms with Gasteiger partial charge >= 0.3 is 0 Å². The fraction of sp³-hybridized carbons (Fsp3) is 1.00. The summed E-state index contributed by atoms with van der Waals surface area (Å²) in [5.41, 5.74) is -0.300. The highest BCUT2D eigenvalue weighted by Crippen LogP contribution is 2.28. The predicted octanol–water partition coefficient (Wildman–Crippen LogP) is 3.13. The second kappa shape index (κ2) is 7.24. The van der Waals surface area contributed by atoms with Crippen molar-refractivity contribution in [3.63, 3.8) is 0 Å². The van der Waals surface area contributed by atoms with E-state index in [2.05, 4.69) is 13.8 Å². The van der Waals surface area contributed by atoms with Gasteiger partial charge in [-0.2, -0.15) is 0 Å². The molecule has 2 heteroatoms. The lowest BCUT2D eigenvalue weighted by Crippen LogP contribution is -2.42. The van der Waals surface area contributed by atoms with Crippen molar-refractivity contribution < 1.29 is 9.84 Å². The van der Waals surface area contributed by atoms with Crippen molar-refractivity contribution in [1.82, 2.24) is 0 Å². The van der Waals surface area contributed by atoms with E-state index in [9.17, 15) is 5.11 Å². The van der Waals surface area contributed by atoms with Gasteiger partial charge in [0.25, 0.3) is 0 Å². The number of unbranched alkanes of at least 4 members (excludes halogenated alkanes) is 2. The molecule has 0 rings (SSSR count). The summed E-state index contributed by atoms with van der Waals surface area (Å²) in [5, 5.41) is 9.79. The van der Waals surface area contributed by atoms with Crippen LogP contribution >= 0.6 is 0 Å². The molecule has 0 bridgehead atoms. The molecule has 1 atom stereocenters. The highest BCUT2D eigenvalue weighted by atomic mass is 16.5. The zero-order valence-corrected chi connectivity index (χ0v) is 10.2. The van der Waals surface area contributed by atoms with Gasteiger partial charge in [0.05, 0.1) is 11.7 Å². The monoisotopic (exact) mass is 202 g/mol. The number of hydrogen-bond acceptors (Lipinski definition) is 2. The topological polar surface area (TPSA) is 29.5 Å². The van der Waals surface area contributed by atoms with Gasteiger partial charge in [-0.15, -0.1) is 0 Å². The van der Waals surface area contributed by atoms with Crippen LogP contribution < -0.4 is 0 Å². The van der Waals surface area contributed by atoms with Crippen LogP contribution in [-0.4, -0.2) is 23.9 Å². The van der Waals surface area contributed by atoms with Gasteiger partial charge in [-0.3, -0.25) is 0 Å². The summed E-state index contributed by atoms with van der Waals surface area (Å²) in [6.45, 7) is 6.18. The van der Waals surface area contributed by atoms with Crippen LogP contribution in [0.1, 0.15) is 59.3 Å². The molecule has 0 radical (unpaired) electrons. The number of ether oxygens (including phenoxy) is 1. The normalized spacial score (nSPS) is 14.4. The fourth-order valence-electron chi connectivity index (χ4n) is 1.87. The fourth-order valence-corrected chi connectivity index (χ4v) is 1.87. The number of aliphatic hydroxyl groups excluding tert-OH is 1. The van der Waals surface area contributed by atoms with Crippen LogP contribution in [0.4, 0.5) is 0 Å². The molecule has 1 unspecified atom stereocenters. The van der Waals surface area contributed by atoms with E-state index in [4.69, 9.17) is 4.74 Å². The van der Waals surface area contributed by atoms with E-state index in [-0.39, 0.29) is 11.7 Å². The van der Waals surface area contributed by atoms with Gasteiger partial charge in [-0.1, -0.05) is 39.5 Å². The largest absolute Gasteiger partial charge is 0.390 e.